The highest BCUT2D eigenvalue weighted by molar-refractivity contribution is 8.26. The highest BCUT2D eigenvalue weighted by Gasteiger charge is 2.32. The monoisotopic (exact) mass is 500 g/mol. The Morgan fingerprint density at radius 1 is 1.15 bits per heavy atom. The van der Waals surface area contributed by atoms with Gasteiger partial charge in [-0.05, 0) is 31.1 Å². The Balaban J connectivity index is 1.63. The molecule has 0 spiro atoms. The molecule has 2 aromatic rings. The molecule has 0 radical (unpaired) electrons. The largest absolute Gasteiger partial charge is 0.378 e. The Morgan fingerprint density at radius 3 is 2.65 bits per heavy atom. The minimum Gasteiger partial charge on any atom is -0.378 e. The summed E-state index contributed by atoms with van der Waals surface area (Å²) in [5.41, 5.74) is 1.79. The second-order valence-corrected chi connectivity index (χ2v) is 10.4. The summed E-state index contributed by atoms with van der Waals surface area (Å²) in [6, 6.07) is 3.78. The van der Waals surface area contributed by atoms with Crippen LogP contribution in [0.4, 0.5) is 5.82 Å². The van der Waals surface area contributed by atoms with Crippen LogP contribution in [-0.4, -0.2) is 57.4 Å². The van der Waals surface area contributed by atoms with E-state index in [1.807, 2.05) is 19.1 Å². The van der Waals surface area contributed by atoms with E-state index in [9.17, 15) is 9.59 Å². The highest BCUT2D eigenvalue weighted by atomic mass is 32.2. The van der Waals surface area contributed by atoms with Crippen molar-refractivity contribution in [3.05, 3.63) is 44.7 Å². The summed E-state index contributed by atoms with van der Waals surface area (Å²) in [5.74, 6) is 0.481. The lowest BCUT2D eigenvalue weighted by Crippen LogP contribution is -2.38. The van der Waals surface area contributed by atoms with E-state index in [2.05, 4.69) is 11.8 Å². The molecule has 182 valence electrons. The Labute approximate surface area is 210 Å². The maximum Gasteiger partial charge on any atom is 0.267 e. The number of nitrogens with zero attached hydrogens (tertiary/aromatic N) is 4. The molecule has 2 aliphatic heterocycles. The number of hydrogen-bond donors (Lipinski definition) is 0. The van der Waals surface area contributed by atoms with Gasteiger partial charge in [-0.1, -0.05) is 69.1 Å². The number of aryl methyl sites for hydroxylation is 1. The number of carbonyl (C=O) groups excluding carboxylic acids is 1. The number of rotatable bonds is 9. The predicted octanol–water partition coefficient (Wildman–Crippen LogP) is 4.40. The first-order valence-electron chi connectivity index (χ1n) is 12.1. The summed E-state index contributed by atoms with van der Waals surface area (Å²) in [6.07, 6.45) is 10.3. The van der Waals surface area contributed by atoms with E-state index in [-0.39, 0.29) is 11.5 Å². The molecule has 0 saturated carbocycles. The van der Waals surface area contributed by atoms with Crippen molar-refractivity contribution in [2.45, 2.75) is 52.4 Å². The average molecular weight is 501 g/mol. The number of morpholine rings is 1. The quantitative estimate of drug-likeness (QED) is 0.287. The first-order chi connectivity index (χ1) is 16.5. The Morgan fingerprint density at radius 2 is 1.88 bits per heavy atom. The van der Waals surface area contributed by atoms with Gasteiger partial charge in [0.25, 0.3) is 11.5 Å². The summed E-state index contributed by atoms with van der Waals surface area (Å²) in [7, 11) is 0. The predicted molar refractivity (Wildman–Crippen MR) is 142 cm³/mol. The Hall–Kier alpha value is -2.23. The first-order valence-corrected chi connectivity index (χ1v) is 13.3. The number of thiocarbonyl (C=S) groups is 1. The van der Waals surface area contributed by atoms with Gasteiger partial charge in [0, 0.05) is 25.8 Å². The van der Waals surface area contributed by atoms with Gasteiger partial charge in [-0.25, -0.2) is 4.98 Å². The molecule has 7 nitrogen and oxygen atoms in total. The maximum atomic E-state index is 13.6. The molecule has 0 aliphatic carbocycles. The molecule has 2 aliphatic rings. The zero-order valence-corrected chi connectivity index (χ0v) is 21.6. The SMILES string of the molecule is CCCCCCCCN1C(=O)C(=Cc2c(N3CCOCC3)nc3c(C)cccn3c2=O)SC1=S. The van der Waals surface area contributed by atoms with Crippen LogP contribution in [0.15, 0.2) is 28.0 Å². The minimum absolute atomic E-state index is 0.120. The van der Waals surface area contributed by atoms with Gasteiger partial charge in [0.2, 0.25) is 0 Å². The van der Waals surface area contributed by atoms with Crippen LogP contribution in [0.3, 0.4) is 0 Å². The van der Waals surface area contributed by atoms with E-state index in [4.69, 9.17) is 21.9 Å². The summed E-state index contributed by atoms with van der Waals surface area (Å²) in [5, 5.41) is 0. The molecular weight excluding hydrogens is 468 g/mol. The standard InChI is InChI=1S/C25H32N4O3S2/c1-3-4-5-6-7-8-11-29-24(31)20(34-25(29)33)17-19-22(27-13-15-32-16-14-27)26-21-18(2)10-9-12-28(21)23(19)30/h9-10,12,17H,3-8,11,13-16H2,1-2H3. The number of ether oxygens (including phenoxy) is 1. The third kappa shape index (κ3) is 5.37. The van der Waals surface area contributed by atoms with Crippen LogP contribution >= 0.6 is 24.0 Å². The van der Waals surface area contributed by atoms with Gasteiger partial charge in [-0.3, -0.25) is 18.9 Å². The number of aromatic nitrogens is 2. The van der Waals surface area contributed by atoms with Crippen molar-refractivity contribution >= 4 is 51.7 Å². The average Bonchev–Trinajstić information content (AvgIpc) is 3.11. The maximum absolute atomic E-state index is 13.6. The molecule has 1 amide bonds. The summed E-state index contributed by atoms with van der Waals surface area (Å²) >= 11 is 6.79. The van der Waals surface area contributed by atoms with Crippen molar-refractivity contribution in [2.75, 3.05) is 37.7 Å². The van der Waals surface area contributed by atoms with Crippen molar-refractivity contribution in [3.63, 3.8) is 0 Å². The van der Waals surface area contributed by atoms with Crippen molar-refractivity contribution in [3.8, 4) is 0 Å². The van der Waals surface area contributed by atoms with Gasteiger partial charge < -0.3 is 9.64 Å². The molecule has 0 N–H and O–H groups in total. The van der Waals surface area contributed by atoms with Gasteiger partial charge in [0.1, 0.15) is 15.8 Å². The number of carbonyl (C=O) groups is 1. The zero-order valence-electron chi connectivity index (χ0n) is 19.9. The summed E-state index contributed by atoms with van der Waals surface area (Å²) in [4.78, 5) is 35.8. The number of hydrogen-bond acceptors (Lipinski definition) is 7. The number of pyridine rings is 1. The fourth-order valence-corrected chi connectivity index (χ4v) is 5.61. The van der Waals surface area contributed by atoms with Gasteiger partial charge in [-0.2, -0.15) is 0 Å². The van der Waals surface area contributed by atoms with Gasteiger partial charge in [0.15, 0.2) is 0 Å². The fourth-order valence-electron chi connectivity index (χ4n) is 4.32. The Kier molecular flexibility index (Phi) is 8.39. The van der Waals surface area contributed by atoms with Crippen LogP contribution in [0, 0.1) is 6.92 Å². The van der Waals surface area contributed by atoms with E-state index >= 15 is 0 Å². The number of amides is 1. The van der Waals surface area contributed by atoms with Crippen LogP contribution in [0.25, 0.3) is 11.7 Å². The van der Waals surface area contributed by atoms with E-state index in [1.54, 1.807) is 21.6 Å². The molecule has 4 rings (SSSR count). The first kappa shape index (κ1) is 24.9. The number of fused-ring (bicyclic) bond motifs is 1. The minimum atomic E-state index is -0.184. The topological polar surface area (TPSA) is 67.2 Å². The molecule has 2 aromatic heterocycles. The van der Waals surface area contributed by atoms with Crippen LogP contribution in [0.5, 0.6) is 0 Å². The van der Waals surface area contributed by atoms with E-state index in [0.29, 0.717) is 59.1 Å². The summed E-state index contributed by atoms with van der Waals surface area (Å²) < 4.78 is 7.61. The van der Waals surface area contributed by atoms with Gasteiger partial charge in [0.05, 0.1) is 23.7 Å². The number of unbranched alkanes of at least 4 members (excludes halogenated alkanes) is 5. The molecule has 0 unspecified atom stereocenters. The van der Waals surface area contributed by atoms with Crippen molar-refractivity contribution in [1.29, 1.82) is 0 Å². The third-order valence-corrected chi connectivity index (χ3v) is 7.64. The molecule has 0 atom stereocenters. The zero-order chi connectivity index (χ0) is 24.1. The number of anilines is 1. The van der Waals surface area contributed by atoms with Crippen LogP contribution < -0.4 is 10.5 Å². The smallest absolute Gasteiger partial charge is 0.267 e. The molecule has 2 saturated heterocycles. The molecule has 9 heteroatoms. The molecule has 4 heterocycles. The van der Waals surface area contributed by atoms with Crippen molar-refractivity contribution < 1.29 is 9.53 Å². The van der Waals surface area contributed by atoms with Crippen molar-refractivity contribution in [2.24, 2.45) is 0 Å². The lowest BCUT2D eigenvalue weighted by atomic mass is 10.1. The lowest BCUT2D eigenvalue weighted by molar-refractivity contribution is -0.122. The van der Waals surface area contributed by atoms with Crippen LogP contribution in [0.2, 0.25) is 0 Å². The molecule has 0 bridgehead atoms. The number of thioether (sulfide) groups is 1. The second-order valence-electron chi connectivity index (χ2n) is 8.74. The van der Waals surface area contributed by atoms with Crippen LogP contribution in [-0.2, 0) is 9.53 Å². The Bertz CT molecular complexity index is 1150. The van der Waals surface area contributed by atoms with E-state index in [0.717, 1.165) is 18.4 Å². The molecule has 2 fully saturated rings. The molecule has 0 aromatic carbocycles. The van der Waals surface area contributed by atoms with Gasteiger partial charge >= 0.3 is 0 Å². The van der Waals surface area contributed by atoms with Crippen LogP contribution in [0.1, 0.15) is 56.6 Å². The fraction of sp³-hybridized carbons (Fsp3) is 0.520. The second kappa shape index (κ2) is 11.5. The summed E-state index contributed by atoms with van der Waals surface area (Å²) in [6.45, 7) is 7.22. The third-order valence-electron chi connectivity index (χ3n) is 6.26. The molecule has 34 heavy (non-hydrogen) atoms. The molecular formula is C25H32N4O3S2. The lowest BCUT2D eigenvalue weighted by Gasteiger charge is -2.29. The van der Waals surface area contributed by atoms with Gasteiger partial charge in [-0.15, -0.1) is 0 Å². The highest BCUT2D eigenvalue weighted by Crippen LogP contribution is 2.34. The van der Waals surface area contributed by atoms with E-state index in [1.165, 1.54) is 37.4 Å². The normalized spacial score (nSPS) is 18.0. The van der Waals surface area contributed by atoms with E-state index < -0.39 is 0 Å². The van der Waals surface area contributed by atoms with Crippen molar-refractivity contribution in [1.82, 2.24) is 14.3 Å².